The van der Waals surface area contributed by atoms with Crippen molar-refractivity contribution in [2.45, 2.75) is 32.6 Å². The Morgan fingerprint density at radius 1 is 1.35 bits per heavy atom. The highest BCUT2D eigenvalue weighted by Gasteiger charge is 2.36. The number of hydrogen-bond acceptors (Lipinski definition) is 3. The molecule has 118 valence electrons. The summed E-state index contributed by atoms with van der Waals surface area (Å²) in [5.41, 5.74) is 6.43. The number of aliphatic imine (C=N–C) groups is 1. The first kappa shape index (κ1) is 18.0. The molecule has 0 unspecified atom stereocenters. The molecular weight excluding hydrogens is 369 g/mol. The molecule has 2 fully saturated rings. The van der Waals surface area contributed by atoms with Crippen LogP contribution in [0.25, 0.3) is 0 Å². The molecule has 0 atom stereocenters. The molecule has 0 aromatic heterocycles. The highest BCUT2D eigenvalue weighted by Crippen LogP contribution is 2.44. The highest BCUT2D eigenvalue weighted by atomic mass is 127. The number of guanidine groups is 1. The van der Waals surface area contributed by atoms with Gasteiger partial charge >= 0.3 is 0 Å². The highest BCUT2D eigenvalue weighted by molar-refractivity contribution is 14.0. The van der Waals surface area contributed by atoms with Crippen LogP contribution in [-0.4, -0.2) is 56.9 Å². The summed E-state index contributed by atoms with van der Waals surface area (Å²) in [5, 5.41) is 0. The minimum Gasteiger partial charge on any atom is -0.382 e. The van der Waals surface area contributed by atoms with Gasteiger partial charge in [0.25, 0.3) is 0 Å². The van der Waals surface area contributed by atoms with Gasteiger partial charge in [0.05, 0.1) is 13.2 Å². The number of nitrogens with zero attached hydrogens (tertiary/aromatic N) is 2. The Morgan fingerprint density at radius 3 is 2.60 bits per heavy atom. The van der Waals surface area contributed by atoms with Gasteiger partial charge < -0.3 is 20.1 Å². The average molecular weight is 397 g/mol. The van der Waals surface area contributed by atoms with Gasteiger partial charge in [-0.2, -0.15) is 0 Å². The molecule has 1 aliphatic heterocycles. The second-order valence-electron chi connectivity index (χ2n) is 5.57. The van der Waals surface area contributed by atoms with Crippen molar-refractivity contribution in [2.75, 3.05) is 46.1 Å². The van der Waals surface area contributed by atoms with Crippen LogP contribution in [0.5, 0.6) is 0 Å². The van der Waals surface area contributed by atoms with E-state index in [9.17, 15) is 0 Å². The predicted octanol–water partition coefficient (Wildman–Crippen LogP) is 1.85. The number of rotatable bonds is 6. The Kier molecular flexibility index (Phi) is 8.13. The van der Waals surface area contributed by atoms with Gasteiger partial charge in [0, 0.05) is 32.8 Å². The van der Waals surface area contributed by atoms with Crippen molar-refractivity contribution in [1.82, 2.24) is 4.90 Å². The van der Waals surface area contributed by atoms with Gasteiger partial charge in [0.2, 0.25) is 0 Å². The van der Waals surface area contributed by atoms with Crippen LogP contribution in [-0.2, 0) is 9.47 Å². The quantitative estimate of drug-likeness (QED) is 0.322. The smallest absolute Gasteiger partial charge is 0.191 e. The molecular formula is C14H28IN3O2. The summed E-state index contributed by atoms with van der Waals surface area (Å²) in [5.74, 6) is 0.686. The van der Waals surface area contributed by atoms with Crippen molar-refractivity contribution in [2.24, 2.45) is 16.1 Å². The Morgan fingerprint density at radius 2 is 2.05 bits per heavy atom. The van der Waals surface area contributed by atoms with Crippen LogP contribution >= 0.6 is 24.0 Å². The van der Waals surface area contributed by atoms with Crippen LogP contribution in [0.4, 0.5) is 0 Å². The first-order valence-electron chi connectivity index (χ1n) is 7.46. The summed E-state index contributed by atoms with van der Waals surface area (Å²) in [6.07, 6.45) is 4.96. The molecule has 2 rings (SSSR count). The van der Waals surface area contributed by atoms with Crippen LogP contribution in [0, 0.1) is 5.41 Å². The number of halogens is 1. The van der Waals surface area contributed by atoms with Crippen LogP contribution in [0.15, 0.2) is 4.99 Å². The fourth-order valence-corrected chi connectivity index (χ4v) is 2.74. The van der Waals surface area contributed by atoms with E-state index in [1.807, 2.05) is 6.92 Å². The number of ether oxygens (including phenoxy) is 2. The molecule has 20 heavy (non-hydrogen) atoms. The van der Waals surface area contributed by atoms with Gasteiger partial charge in [0.15, 0.2) is 5.96 Å². The molecule has 1 aliphatic carbocycles. The van der Waals surface area contributed by atoms with Crippen molar-refractivity contribution < 1.29 is 9.47 Å². The SMILES string of the molecule is CCOCCC1(CN=C(N)N2CCOCC2)CCC1.I. The topological polar surface area (TPSA) is 60.1 Å². The minimum absolute atomic E-state index is 0. The maximum absolute atomic E-state index is 6.08. The van der Waals surface area contributed by atoms with E-state index in [1.165, 1.54) is 19.3 Å². The lowest BCUT2D eigenvalue weighted by Crippen LogP contribution is -2.45. The minimum atomic E-state index is 0. The van der Waals surface area contributed by atoms with Crippen LogP contribution in [0.2, 0.25) is 0 Å². The average Bonchev–Trinajstić information content (AvgIpc) is 2.41. The van der Waals surface area contributed by atoms with Crippen LogP contribution in [0.3, 0.4) is 0 Å². The molecule has 0 aromatic rings. The Hall–Kier alpha value is -0.0800. The summed E-state index contributed by atoms with van der Waals surface area (Å²) >= 11 is 0. The van der Waals surface area contributed by atoms with Crippen LogP contribution in [0.1, 0.15) is 32.6 Å². The standard InChI is InChI=1S/C14H27N3O2.HI/c1-2-18-9-6-14(4-3-5-14)12-16-13(15)17-7-10-19-11-8-17;/h2-12H2,1H3,(H2,15,16);1H. The molecule has 2 N–H and O–H groups in total. The van der Waals surface area contributed by atoms with Gasteiger partial charge in [-0.25, -0.2) is 0 Å². The van der Waals surface area contributed by atoms with E-state index in [4.69, 9.17) is 15.2 Å². The number of morpholine rings is 1. The van der Waals surface area contributed by atoms with E-state index < -0.39 is 0 Å². The van der Waals surface area contributed by atoms with E-state index in [2.05, 4.69) is 9.89 Å². The van der Waals surface area contributed by atoms with Gasteiger partial charge in [-0.3, -0.25) is 4.99 Å². The third-order valence-corrected chi connectivity index (χ3v) is 4.31. The lowest BCUT2D eigenvalue weighted by atomic mass is 9.67. The second-order valence-corrected chi connectivity index (χ2v) is 5.57. The fourth-order valence-electron chi connectivity index (χ4n) is 2.74. The van der Waals surface area contributed by atoms with E-state index in [0.717, 1.165) is 52.5 Å². The Labute approximate surface area is 139 Å². The van der Waals surface area contributed by atoms with Crippen molar-refractivity contribution in [3.8, 4) is 0 Å². The van der Waals surface area contributed by atoms with E-state index in [1.54, 1.807) is 0 Å². The van der Waals surface area contributed by atoms with Gasteiger partial charge in [-0.15, -0.1) is 24.0 Å². The molecule has 1 heterocycles. The van der Waals surface area contributed by atoms with E-state index in [-0.39, 0.29) is 24.0 Å². The van der Waals surface area contributed by atoms with Gasteiger partial charge in [0.1, 0.15) is 0 Å². The lowest BCUT2D eigenvalue weighted by molar-refractivity contribution is 0.0585. The van der Waals surface area contributed by atoms with Crippen molar-refractivity contribution >= 4 is 29.9 Å². The number of nitrogens with two attached hydrogens (primary N) is 1. The third-order valence-electron chi connectivity index (χ3n) is 4.31. The van der Waals surface area contributed by atoms with Crippen molar-refractivity contribution in [3.63, 3.8) is 0 Å². The predicted molar refractivity (Wildman–Crippen MR) is 91.7 cm³/mol. The summed E-state index contributed by atoms with van der Waals surface area (Å²) in [6.45, 7) is 7.78. The molecule has 0 bridgehead atoms. The molecule has 1 saturated heterocycles. The summed E-state index contributed by atoms with van der Waals surface area (Å²) in [6, 6.07) is 0. The molecule has 5 nitrogen and oxygen atoms in total. The third kappa shape index (κ3) is 5.04. The van der Waals surface area contributed by atoms with Gasteiger partial charge in [-0.1, -0.05) is 6.42 Å². The first-order valence-corrected chi connectivity index (χ1v) is 7.46. The normalized spacial score (nSPS) is 22.1. The lowest BCUT2D eigenvalue weighted by Gasteiger charge is -2.41. The monoisotopic (exact) mass is 397 g/mol. The fraction of sp³-hybridized carbons (Fsp3) is 0.929. The van der Waals surface area contributed by atoms with Crippen LogP contribution < -0.4 is 5.73 Å². The largest absolute Gasteiger partial charge is 0.382 e. The molecule has 0 amide bonds. The van der Waals surface area contributed by atoms with Crippen molar-refractivity contribution in [3.05, 3.63) is 0 Å². The Balaban J connectivity index is 0.00000200. The summed E-state index contributed by atoms with van der Waals surface area (Å²) in [4.78, 5) is 6.75. The zero-order valence-electron chi connectivity index (χ0n) is 12.5. The van der Waals surface area contributed by atoms with E-state index >= 15 is 0 Å². The zero-order valence-corrected chi connectivity index (χ0v) is 14.8. The molecule has 0 radical (unpaired) electrons. The number of hydrogen-bond donors (Lipinski definition) is 1. The molecule has 1 saturated carbocycles. The maximum Gasteiger partial charge on any atom is 0.191 e. The van der Waals surface area contributed by atoms with Crippen molar-refractivity contribution in [1.29, 1.82) is 0 Å². The van der Waals surface area contributed by atoms with Gasteiger partial charge in [-0.05, 0) is 31.6 Å². The molecule has 2 aliphatic rings. The summed E-state index contributed by atoms with van der Waals surface area (Å²) in [7, 11) is 0. The zero-order chi connectivity index (χ0) is 13.6. The maximum atomic E-state index is 6.08. The van der Waals surface area contributed by atoms with E-state index in [0.29, 0.717) is 11.4 Å². The molecule has 0 aromatic carbocycles. The first-order chi connectivity index (χ1) is 9.26. The molecule has 0 spiro atoms. The molecule has 6 heteroatoms. The second kappa shape index (κ2) is 9.04. The summed E-state index contributed by atoms with van der Waals surface area (Å²) < 4.78 is 10.8. The Bertz CT molecular complexity index is 303.